The number of hydrogen-bond acceptors (Lipinski definition) is 3. The van der Waals surface area contributed by atoms with Gasteiger partial charge in [-0.2, -0.15) is 0 Å². The third kappa shape index (κ3) is 2.98. The van der Waals surface area contributed by atoms with E-state index in [0.717, 1.165) is 16.9 Å². The molecule has 3 nitrogen and oxygen atoms in total. The first kappa shape index (κ1) is 12.1. The summed E-state index contributed by atoms with van der Waals surface area (Å²) in [5.41, 5.74) is 3.40. The average molecular weight is 208 g/mol. The van der Waals surface area contributed by atoms with E-state index >= 15 is 0 Å². The molecule has 1 aromatic rings. The molecule has 0 unspecified atom stereocenters. The maximum atomic E-state index is 5.58. The van der Waals surface area contributed by atoms with Crippen LogP contribution in [0.3, 0.4) is 0 Å². The summed E-state index contributed by atoms with van der Waals surface area (Å²) >= 11 is 0. The molecule has 0 heterocycles. The van der Waals surface area contributed by atoms with Crippen LogP contribution in [-0.4, -0.2) is 21.5 Å². The lowest BCUT2D eigenvalue weighted by Gasteiger charge is -2.15. The predicted molar refractivity (Wildman–Crippen MR) is 61.1 cm³/mol. The summed E-state index contributed by atoms with van der Waals surface area (Å²) < 4.78 is 15.6. The SMILES string of the molecule is COB(OC)Oc1c(C)cc(C)cc1C. The highest BCUT2D eigenvalue weighted by Gasteiger charge is 2.21. The maximum absolute atomic E-state index is 5.58. The topological polar surface area (TPSA) is 27.7 Å². The average Bonchev–Trinajstić information content (AvgIpc) is 2.17. The highest BCUT2D eigenvalue weighted by Crippen LogP contribution is 2.25. The summed E-state index contributed by atoms with van der Waals surface area (Å²) in [6.07, 6.45) is 0. The molecule has 82 valence electrons. The van der Waals surface area contributed by atoms with Crippen LogP contribution in [0.4, 0.5) is 0 Å². The van der Waals surface area contributed by atoms with E-state index in [1.807, 2.05) is 13.8 Å². The summed E-state index contributed by atoms with van der Waals surface area (Å²) in [5.74, 6) is 0.828. The van der Waals surface area contributed by atoms with Gasteiger partial charge in [-0.3, -0.25) is 0 Å². The molecular formula is C11H17BO3. The van der Waals surface area contributed by atoms with Crippen molar-refractivity contribution in [3.8, 4) is 5.75 Å². The lowest BCUT2D eigenvalue weighted by Crippen LogP contribution is -2.28. The second-order valence-electron chi connectivity index (χ2n) is 3.61. The van der Waals surface area contributed by atoms with Crippen LogP contribution in [-0.2, 0) is 9.31 Å². The van der Waals surface area contributed by atoms with E-state index in [1.54, 1.807) is 14.2 Å². The van der Waals surface area contributed by atoms with Crippen LogP contribution in [0.15, 0.2) is 12.1 Å². The molecule has 0 aliphatic carbocycles. The number of benzene rings is 1. The van der Waals surface area contributed by atoms with E-state index in [2.05, 4.69) is 19.1 Å². The fourth-order valence-electron chi connectivity index (χ4n) is 1.64. The summed E-state index contributed by atoms with van der Waals surface area (Å²) in [6.45, 7) is 6.09. The second-order valence-corrected chi connectivity index (χ2v) is 3.61. The molecule has 0 aliphatic heterocycles. The molecule has 0 aromatic heterocycles. The number of hydrogen-bond donors (Lipinski definition) is 0. The van der Waals surface area contributed by atoms with E-state index in [-0.39, 0.29) is 0 Å². The Balaban J connectivity index is 2.94. The van der Waals surface area contributed by atoms with Gasteiger partial charge in [0.05, 0.1) is 0 Å². The van der Waals surface area contributed by atoms with E-state index in [4.69, 9.17) is 14.0 Å². The first-order chi connectivity index (χ1) is 7.08. The van der Waals surface area contributed by atoms with Gasteiger partial charge in [0, 0.05) is 14.2 Å². The molecule has 0 saturated heterocycles. The van der Waals surface area contributed by atoms with Crippen molar-refractivity contribution in [2.24, 2.45) is 0 Å². The zero-order valence-electron chi connectivity index (χ0n) is 9.96. The molecule has 0 fully saturated rings. The zero-order valence-corrected chi connectivity index (χ0v) is 9.96. The van der Waals surface area contributed by atoms with Crippen molar-refractivity contribution >= 4 is 7.32 Å². The largest absolute Gasteiger partial charge is 0.712 e. The Morgan fingerprint density at radius 1 is 0.933 bits per heavy atom. The minimum absolute atomic E-state index is 0.648. The fourth-order valence-corrected chi connectivity index (χ4v) is 1.64. The molecule has 0 radical (unpaired) electrons. The Hall–Kier alpha value is -0.995. The van der Waals surface area contributed by atoms with Crippen molar-refractivity contribution in [2.75, 3.05) is 14.2 Å². The molecule has 0 atom stereocenters. The molecule has 1 rings (SSSR count). The molecular weight excluding hydrogens is 191 g/mol. The van der Waals surface area contributed by atoms with Crippen molar-refractivity contribution < 1.29 is 14.0 Å². The van der Waals surface area contributed by atoms with Gasteiger partial charge in [0.1, 0.15) is 5.75 Å². The Labute approximate surface area is 91.5 Å². The molecule has 0 N–H and O–H groups in total. The summed E-state index contributed by atoms with van der Waals surface area (Å²) in [7, 11) is 2.45. The van der Waals surface area contributed by atoms with Gasteiger partial charge in [-0.05, 0) is 31.9 Å². The van der Waals surface area contributed by atoms with Crippen LogP contribution in [0.2, 0.25) is 0 Å². The normalized spacial score (nSPS) is 10.2. The zero-order chi connectivity index (χ0) is 11.4. The van der Waals surface area contributed by atoms with Gasteiger partial charge in [0.2, 0.25) is 0 Å². The van der Waals surface area contributed by atoms with E-state index in [1.165, 1.54) is 5.56 Å². The van der Waals surface area contributed by atoms with Crippen LogP contribution in [0, 0.1) is 20.8 Å². The fraction of sp³-hybridized carbons (Fsp3) is 0.455. The summed E-state index contributed by atoms with van der Waals surface area (Å²) in [6, 6.07) is 4.15. The third-order valence-corrected chi connectivity index (χ3v) is 2.20. The minimum Gasteiger partial charge on any atom is -0.511 e. The smallest absolute Gasteiger partial charge is 0.511 e. The molecule has 0 amide bonds. The Kier molecular flexibility index (Phi) is 4.18. The first-order valence-electron chi connectivity index (χ1n) is 4.88. The number of aryl methyl sites for hydroxylation is 3. The lowest BCUT2D eigenvalue weighted by atomic mass is 10.1. The van der Waals surface area contributed by atoms with Gasteiger partial charge < -0.3 is 14.0 Å². The maximum Gasteiger partial charge on any atom is 0.712 e. The molecule has 0 bridgehead atoms. The van der Waals surface area contributed by atoms with Gasteiger partial charge in [0.15, 0.2) is 0 Å². The van der Waals surface area contributed by atoms with Gasteiger partial charge in [-0.25, -0.2) is 0 Å². The van der Waals surface area contributed by atoms with E-state index in [9.17, 15) is 0 Å². The standard InChI is InChI=1S/C11H17BO3/c1-8-6-9(2)11(10(3)7-8)15-12(13-4)14-5/h6-7H,1-5H3. The third-order valence-electron chi connectivity index (χ3n) is 2.20. The van der Waals surface area contributed by atoms with Crippen LogP contribution in [0.25, 0.3) is 0 Å². The monoisotopic (exact) mass is 208 g/mol. The van der Waals surface area contributed by atoms with Gasteiger partial charge in [-0.15, -0.1) is 0 Å². The van der Waals surface area contributed by atoms with Crippen molar-refractivity contribution in [2.45, 2.75) is 20.8 Å². The highest BCUT2D eigenvalue weighted by molar-refractivity contribution is 6.37. The first-order valence-corrected chi connectivity index (χ1v) is 4.88. The van der Waals surface area contributed by atoms with Crippen LogP contribution in [0.5, 0.6) is 5.75 Å². The van der Waals surface area contributed by atoms with Crippen molar-refractivity contribution in [1.29, 1.82) is 0 Å². The highest BCUT2D eigenvalue weighted by atomic mass is 16.7. The van der Waals surface area contributed by atoms with Gasteiger partial charge >= 0.3 is 7.32 Å². The van der Waals surface area contributed by atoms with Crippen molar-refractivity contribution in [3.63, 3.8) is 0 Å². The Bertz CT molecular complexity index is 312. The van der Waals surface area contributed by atoms with Crippen molar-refractivity contribution in [3.05, 3.63) is 28.8 Å². The number of rotatable bonds is 4. The molecule has 0 saturated carbocycles. The van der Waals surface area contributed by atoms with E-state index in [0.29, 0.717) is 0 Å². The Morgan fingerprint density at radius 2 is 1.40 bits per heavy atom. The van der Waals surface area contributed by atoms with Crippen LogP contribution < -0.4 is 4.65 Å². The predicted octanol–water partition coefficient (Wildman–Crippen LogP) is 2.27. The quantitative estimate of drug-likeness (QED) is 0.710. The Morgan fingerprint density at radius 3 is 1.80 bits per heavy atom. The van der Waals surface area contributed by atoms with Gasteiger partial charge in [0.25, 0.3) is 0 Å². The van der Waals surface area contributed by atoms with E-state index < -0.39 is 7.32 Å². The lowest BCUT2D eigenvalue weighted by molar-refractivity contribution is 0.200. The van der Waals surface area contributed by atoms with Crippen LogP contribution in [0.1, 0.15) is 16.7 Å². The van der Waals surface area contributed by atoms with Crippen LogP contribution >= 0.6 is 0 Å². The second kappa shape index (κ2) is 5.19. The van der Waals surface area contributed by atoms with Crippen molar-refractivity contribution in [1.82, 2.24) is 0 Å². The molecule has 0 aliphatic rings. The molecule has 15 heavy (non-hydrogen) atoms. The minimum atomic E-state index is -0.648. The molecule has 0 spiro atoms. The molecule has 4 heteroatoms. The summed E-state index contributed by atoms with van der Waals surface area (Å²) in [4.78, 5) is 0. The van der Waals surface area contributed by atoms with Gasteiger partial charge in [-0.1, -0.05) is 17.7 Å². The molecule has 1 aromatic carbocycles. The summed E-state index contributed by atoms with van der Waals surface area (Å²) in [5, 5.41) is 0.